The van der Waals surface area contributed by atoms with E-state index >= 15 is 0 Å². The van der Waals surface area contributed by atoms with Gasteiger partial charge in [0.2, 0.25) is 5.89 Å². The third kappa shape index (κ3) is 2.23. The van der Waals surface area contributed by atoms with Crippen molar-refractivity contribution >= 4 is 28.6 Å². The monoisotopic (exact) mass is 333 g/mol. The Morgan fingerprint density at radius 2 is 2.44 bits per heavy atom. The van der Waals surface area contributed by atoms with E-state index in [1.54, 1.807) is 23.8 Å². The van der Waals surface area contributed by atoms with Crippen LogP contribution in [0.15, 0.2) is 16.8 Å². The van der Waals surface area contributed by atoms with Crippen LogP contribution in [0.5, 0.6) is 0 Å². The molecular formula is C9H8IN3O3. The molecule has 0 aliphatic rings. The Morgan fingerprint density at radius 3 is 3.00 bits per heavy atom. The number of aryl methyl sites for hydroxylation is 1. The molecule has 0 radical (unpaired) electrons. The number of nitrogens with zero attached hydrogens (tertiary/aromatic N) is 3. The van der Waals surface area contributed by atoms with Gasteiger partial charge in [-0.2, -0.15) is 4.98 Å². The Morgan fingerprint density at radius 1 is 1.69 bits per heavy atom. The highest BCUT2D eigenvalue weighted by Crippen LogP contribution is 2.13. The van der Waals surface area contributed by atoms with Crippen molar-refractivity contribution in [2.45, 2.75) is 13.5 Å². The Balaban J connectivity index is 2.30. The van der Waals surface area contributed by atoms with Crippen LogP contribution in [0.1, 0.15) is 22.2 Å². The van der Waals surface area contributed by atoms with Gasteiger partial charge in [-0.15, -0.1) is 0 Å². The largest absolute Gasteiger partial charge is 0.477 e. The van der Waals surface area contributed by atoms with E-state index in [0.29, 0.717) is 11.7 Å². The van der Waals surface area contributed by atoms with Gasteiger partial charge in [0, 0.05) is 9.77 Å². The molecule has 0 spiro atoms. The molecule has 0 aliphatic carbocycles. The fourth-order valence-electron chi connectivity index (χ4n) is 1.33. The van der Waals surface area contributed by atoms with Gasteiger partial charge >= 0.3 is 5.97 Å². The van der Waals surface area contributed by atoms with Crippen molar-refractivity contribution in [3.05, 3.63) is 33.2 Å². The lowest BCUT2D eigenvalue weighted by molar-refractivity contribution is 0.0685. The lowest BCUT2D eigenvalue weighted by Gasteiger charge is -2.01. The van der Waals surface area contributed by atoms with Gasteiger partial charge in [-0.1, -0.05) is 5.16 Å². The second kappa shape index (κ2) is 4.24. The summed E-state index contributed by atoms with van der Waals surface area (Å²) in [5, 5.41) is 12.6. The second-order valence-electron chi connectivity index (χ2n) is 3.21. The summed E-state index contributed by atoms with van der Waals surface area (Å²) in [5.41, 5.74) is 0.209. The van der Waals surface area contributed by atoms with E-state index in [1.807, 2.05) is 0 Å². The van der Waals surface area contributed by atoms with Crippen molar-refractivity contribution in [1.29, 1.82) is 0 Å². The Hall–Kier alpha value is -1.38. The molecule has 7 heteroatoms. The van der Waals surface area contributed by atoms with Crippen molar-refractivity contribution in [2.24, 2.45) is 0 Å². The third-order valence-corrected chi connectivity index (χ3v) is 2.55. The van der Waals surface area contributed by atoms with Gasteiger partial charge in [0.05, 0.1) is 0 Å². The van der Waals surface area contributed by atoms with E-state index in [1.165, 1.54) is 0 Å². The first-order valence-electron chi connectivity index (χ1n) is 4.44. The normalized spacial score (nSPS) is 10.6. The molecular weight excluding hydrogens is 325 g/mol. The molecule has 2 aromatic rings. The molecule has 0 fully saturated rings. The average Bonchev–Trinajstić information content (AvgIpc) is 2.74. The number of carboxylic acid groups (broad SMARTS) is 1. The first-order chi connectivity index (χ1) is 7.56. The molecule has 0 saturated heterocycles. The van der Waals surface area contributed by atoms with Gasteiger partial charge < -0.3 is 14.2 Å². The molecule has 16 heavy (non-hydrogen) atoms. The van der Waals surface area contributed by atoms with Gasteiger partial charge in [-0.25, -0.2) is 4.79 Å². The van der Waals surface area contributed by atoms with Crippen molar-refractivity contribution in [2.75, 3.05) is 0 Å². The van der Waals surface area contributed by atoms with Crippen LogP contribution in [0.3, 0.4) is 0 Å². The number of aromatic carboxylic acids is 1. The molecule has 84 valence electrons. The maximum absolute atomic E-state index is 10.9. The predicted octanol–water partition coefficient (Wildman–Crippen LogP) is 1.53. The summed E-state index contributed by atoms with van der Waals surface area (Å²) in [6.07, 6.45) is 1.73. The molecule has 0 aromatic carbocycles. The van der Waals surface area contributed by atoms with Crippen LogP contribution < -0.4 is 0 Å². The Kier molecular flexibility index (Phi) is 2.95. The number of hydrogen-bond acceptors (Lipinski definition) is 4. The molecule has 0 atom stereocenters. The minimum Gasteiger partial charge on any atom is -0.477 e. The zero-order chi connectivity index (χ0) is 11.7. The summed E-state index contributed by atoms with van der Waals surface area (Å²) in [6, 6.07) is 1.59. The van der Waals surface area contributed by atoms with Crippen LogP contribution in [0.4, 0.5) is 0 Å². The first kappa shape index (κ1) is 11.1. The van der Waals surface area contributed by atoms with E-state index in [9.17, 15) is 4.79 Å². The van der Waals surface area contributed by atoms with Crippen LogP contribution in [-0.2, 0) is 6.54 Å². The molecule has 0 bridgehead atoms. The number of rotatable bonds is 3. The molecule has 0 amide bonds. The molecule has 0 unspecified atom stereocenters. The summed E-state index contributed by atoms with van der Waals surface area (Å²) in [7, 11) is 0. The van der Waals surface area contributed by atoms with Crippen molar-refractivity contribution in [1.82, 2.24) is 14.7 Å². The highest BCUT2D eigenvalue weighted by Gasteiger charge is 2.13. The summed E-state index contributed by atoms with van der Waals surface area (Å²) in [4.78, 5) is 15.0. The topological polar surface area (TPSA) is 81.2 Å². The number of carbonyl (C=O) groups is 1. The van der Waals surface area contributed by atoms with E-state index in [2.05, 4.69) is 32.7 Å². The lowest BCUT2D eigenvalue weighted by atomic mass is 10.4. The molecule has 2 aromatic heterocycles. The number of halogens is 1. The maximum atomic E-state index is 10.9. The van der Waals surface area contributed by atoms with Crippen LogP contribution in [-0.4, -0.2) is 25.8 Å². The molecule has 2 heterocycles. The SMILES string of the molecule is Cc1noc(Cn2cc(I)cc2C(=O)O)n1. The minimum atomic E-state index is -0.973. The second-order valence-corrected chi connectivity index (χ2v) is 4.46. The maximum Gasteiger partial charge on any atom is 0.352 e. The standard InChI is InChI=1S/C9H8IN3O3/c1-5-11-8(16-12-5)4-13-3-6(10)2-7(13)9(14)15/h2-3H,4H2,1H3,(H,14,15). The minimum absolute atomic E-state index is 0.209. The first-order valence-corrected chi connectivity index (χ1v) is 5.52. The third-order valence-electron chi connectivity index (χ3n) is 1.96. The van der Waals surface area contributed by atoms with Gasteiger partial charge in [0.1, 0.15) is 12.2 Å². The van der Waals surface area contributed by atoms with Gasteiger partial charge in [-0.05, 0) is 35.6 Å². The lowest BCUT2D eigenvalue weighted by Crippen LogP contribution is -2.08. The van der Waals surface area contributed by atoms with Crippen LogP contribution in [0, 0.1) is 10.5 Å². The van der Waals surface area contributed by atoms with Crippen LogP contribution in [0.2, 0.25) is 0 Å². The summed E-state index contributed by atoms with van der Waals surface area (Å²) >= 11 is 2.06. The highest BCUT2D eigenvalue weighted by atomic mass is 127. The van der Waals surface area contributed by atoms with Gasteiger partial charge in [-0.3, -0.25) is 0 Å². The zero-order valence-corrected chi connectivity index (χ0v) is 10.5. The molecule has 6 nitrogen and oxygen atoms in total. The number of aromatic nitrogens is 3. The smallest absolute Gasteiger partial charge is 0.352 e. The molecule has 0 aliphatic heterocycles. The zero-order valence-electron chi connectivity index (χ0n) is 8.35. The van der Waals surface area contributed by atoms with Crippen molar-refractivity contribution in [3.63, 3.8) is 0 Å². The quantitative estimate of drug-likeness (QED) is 0.862. The fourth-order valence-corrected chi connectivity index (χ4v) is 1.97. The number of carboxylic acids is 1. The van der Waals surface area contributed by atoms with Gasteiger partial charge in [0.15, 0.2) is 5.82 Å². The molecule has 1 N–H and O–H groups in total. The van der Waals surface area contributed by atoms with E-state index in [0.717, 1.165) is 3.57 Å². The van der Waals surface area contributed by atoms with Crippen molar-refractivity contribution in [3.8, 4) is 0 Å². The summed E-state index contributed by atoms with van der Waals surface area (Å²) in [6.45, 7) is 1.98. The van der Waals surface area contributed by atoms with E-state index in [-0.39, 0.29) is 12.2 Å². The summed E-state index contributed by atoms with van der Waals surface area (Å²) in [5.74, 6) is -0.0418. The number of hydrogen-bond donors (Lipinski definition) is 1. The summed E-state index contributed by atoms with van der Waals surface area (Å²) < 4.78 is 7.35. The highest BCUT2D eigenvalue weighted by molar-refractivity contribution is 14.1. The van der Waals surface area contributed by atoms with Crippen LogP contribution >= 0.6 is 22.6 Å². The molecule has 2 rings (SSSR count). The molecule has 0 saturated carbocycles. The average molecular weight is 333 g/mol. The fraction of sp³-hybridized carbons (Fsp3) is 0.222. The van der Waals surface area contributed by atoms with Gasteiger partial charge in [0.25, 0.3) is 0 Å². The Bertz CT molecular complexity index is 532. The predicted molar refractivity (Wildman–Crippen MR) is 62.2 cm³/mol. The van der Waals surface area contributed by atoms with E-state index in [4.69, 9.17) is 9.63 Å². The van der Waals surface area contributed by atoms with Crippen LogP contribution in [0.25, 0.3) is 0 Å². The van der Waals surface area contributed by atoms with Crippen molar-refractivity contribution < 1.29 is 14.4 Å². The Labute approximate surface area is 104 Å². The van der Waals surface area contributed by atoms with E-state index < -0.39 is 5.97 Å².